The molecule has 12 heteroatoms. The van der Waals surface area contributed by atoms with E-state index in [4.69, 9.17) is 20.9 Å². The predicted octanol–water partition coefficient (Wildman–Crippen LogP) is 0.534. The number of phenols is 1. The van der Waals surface area contributed by atoms with Crippen LogP contribution in [-0.4, -0.2) is 66.5 Å². The van der Waals surface area contributed by atoms with Crippen molar-refractivity contribution in [2.24, 2.45) is 16.5 Å². The molecular formula is C20H31N5O7. The van der Waals surface area contributed by atoms with Gasteiger partial charge in [0.2, 0.25) is 0 Å². The van der Waals surface area contributed by atoms with Crippen LogP contribution in [0.3, 0.4) is 0 Å². The summed E-state index contributed by atoms with van der Waals surface area (Å²) in [5, 5.41) is 23.9. The van der Waals surface area contributed by atoms with Crippen molar-refractivity contribution in [3.8, 4) is 11.5 Å². The van der Waals surface area contributed by atoms with Crippen molar-refractivity contribution in [3.63, 3.8) is 0 Å². The molecule has 12 nitrogen and oxygen atoms in total. The van der Waals surface area contributed by atoms with Crippen molar-refractivity contribution >= 4 is 23.9 Å². The van der Waals surface area contributed by atoms with Crippen LogP contribution in [0.25, 0.3) is 0 Å². The number of hydrogen-bond acceptors (Lipinski definition) is 7. The normalized spacial score (nSPS) is 11.2. The SMILES string of the molecule is CCCCCCOC(=O)N[C@@H](CNC(=O)c1ccc(OCCN=C(N)N)cc1O)C(=O)O. The first-order valence-corrected chi connectivity index (χ1v) is 10.2. The number of guanidine groups is 1. The number of rotatable bonds is 14. The summed E-state index contributed by atoms with van der Waals surface area (Å²) in [5.74, 6) is -2.22. The summed E-state index contributed by atoms with van der Waals surface area (Å²) in [6.45, 7) is 2.20. The van der Waals surface area contributed by atoms with Gasteiger partial charge in [-0.3, -0.25) is 9.79 Å². The first-order valence-electron chi connectivity index (χ1n) is 10.2. The first-order chi connectivity index (χ1) is 15.2. The monoisotopic (exact) mass is 453 g/mol. The Hall–Kier alpha value is -3.70. The smallest absolute Gasteiger partial charge is 0.407 e. The van der Waals surface area contributed by atoms with Crippen molar-refractivity contribution in [1.29, 1.82) is 0 Å². The third kappa shape index (κ3) is 10.4. The van der Waals surface area contributed by atoms with Gasteiger partial charge in [0.25, 0.3) is 5.91 Å². The number of aliphatic carboxylic acids is 1. The zero-order valence-electron chi connectivity index (χ0n) is 18.0. The number of ether oxygens (including phenoxy) is 2. The number of carbonyl (C=O) groups is 3. The summed E-state index contributed by atoms with van der Waals surface area (Å²) in [7, 11) is 0. The standard InChI is InChI=1S/C20H31N5O7/c1-2-3-4-5-9-32-20(30)25-15(18(28)29)12-24-17(27)14-7-6-13(11-16(14)26)31-10-8-23-19(21)22/h6-7,11,15,26H,2-5,8-10,12H2,1H3,(H,24,27)(H,25,30)(H,28,29)(H4,21,22,23)/t15-/m0/s1. The molecule has 1 atom stereocenters. The molecule has 0 heterocycles. The molecule has 32 heavy (non-hydrogen) atoms. The van der Waals surface area contributed by atoms with Gasteiger partial charge in [-0.2, -0.15) is 0 Å². The summed E-state index contributed by atoms with van der Waals surface area (Å²) in [4.78, 5) is 39.2. The Morgan fingerprint density at radius 2 is 1.91 bits per heavy atom. The van der Waals surface area contributed by atoms with Crippen molar-refractivity contribution in [1.82, 2.24) is 10.6 Å². The molecule has 1 rings (SSSR count). The highest BCUT2D eigenvalue weighted by molar-refractivity contribution is 5.97. The second kappa shape index (κ2) is 14.3. The minimum Gasteiger partial charge on any atom is -0.507 e. The number of alkyl carbamates (subject to hydrolysis) is 1. The lowest BCUT2D eigenvalue weighted by molar-refractivity contribution is -0.139. The molecule has 0 aliphatic heterocycles. The molecule has 0 aliphatic rings. The number of nitrogens with one attached hydrogen (secondary N) is 2. The molecule has 178 valence electrons. The molecule has 1 aromatic carbocycles. The number of aromatic hydroxyl groups is 1. The Morgan fingerprint density at radius 1 is 1.16 bits per heavy atom. The average Bonchev–Trinajstić information content (AvgIpc) is 2.73. The highest BCUT2D eigenvalue weighted by atomic mass is 16.5. The molecule has 0 bridgehead atoms. The molecule has 0 fully saturated rings. The molecule has 0 saturated heterocycles. The van der Waals surface area contributed by atoms with E-state index in [0.717, 1.165) is 19.3 Å². The topological polar surface area (TPSA) is 199 Å². The fraction of sp³-hybridized carbons (Fsp3) is 0.500. The van der Waals surface area contributed by atoms with E-state index in [-0.39, 0.29) is 42.8 Å². The van der Waals surface area contributed by atoms with Gasteiger partial charge in [0.1, 0.15) is 24.1 Å². The zero-order valence-corrected chi connectivity index (χ0v) is 18.0. The van der Waals surface area contributed by atoms with Crippen molar-refractivity contribution in [3.05, 3.63) is 23.8 Å². The zero-order chi connectivity index (χ0) is 23.9. The average molecular weight is 453 g/mol. The van der Waals surface area contributed by atoms with Crippen LogP contribution in [0, 0.1) is 0 Å². The molecule has 0 aromatic heterocycles. The number of phenolic OH excluding ortho intramolecular Hbond substituents is 1. The molecule has 0 spiro atoms. The number of carbonyl (C=O) groups excluding carboxylic acids is 2. The highest BCUT2D eigenvalue weighted by Gasteiger charge is 2.22. The molecule has 0 aliphatic carbocycles. The molecule has 2 amide bonds. The largest absolute Gasteiger partial charge is 0.507 e. The lowest BCUT2D eigenvalue weighted by atomic mass is 10.1. The van der Waals surface area contributed by atoms with Gasteiger partial charge in [0.05, 0.1) is 18.7 Å². The van der Waals surface area contributed by atoms with Crippen molar-refractivity contribution in [2.75, 3.05) is 26.3 Å². The third-order valence-corrected chi connectivity index (χ3v) is 4.16. The van der Waals surface area contributed by atoms with Crippen molar-refractivity contribution in [2.45, 2.75) is 38.6 Å². The minimum absolute atomic E-state index is 0.0714. The van der Waals surface area contributed by atoms with Crippen LogP contribution < -0.4 is 26.8 Å². The Morgan fingerprint density at radius 3 is 2.53 bits per heavy atom. The van der Waals surface area contributed by atoms with Gasteiger partial charge in [0, 0.05) is 12.6 Å². The predicted molar refractivity (Wildman–Crippen MR) is 117 cm³/mol. The van der Waals surface area contributed by atoms with Crippen LogP contribution in [-0.2, 0) is 9.53 Å². The number of carboxylic acid groups (broad SMARTS) is 1. The molecule has 0 saturated carbocycles. The Balaban J connectivity index is 2.53. The number of aliphatic imine (C=N–C) groups is 1. The number of hydrogen-bond donors (Lipinski definition) is 6. The van der Waals surface area contributed by atoms with E-state index in [2.05, 4.69) is 22.5 Å². The van der Waals surface area contributed by atoms with Gasteiger partial charge in [-0.15, -0.1) is 0 Å². The van der Waals surface area contributed by atoms with Crippen LogP contribution >= 0.6 is 0 Å². The van der Waals surface area contributed by atoms with Crippen LogP contribution in [0.2, 0.25) is 0 Å². The Labute approximate surface area is 186 Å². The van der Waals surface area contributed by atoms with Crippen LogP contribution in [0.5, 0.6) is 11.5 Å². The Bertz CT molecular complexity index is 797. The van der Waals surface area contributed by atoms with Gasteiger partial charge in [-0.25, -0.2) is 9.59 Å². The summed E-state index contributed by atoms with van der Waals surface area (Å²) < 4.78 is 10.3. The highest BCUT2D eigenvalue weighted by Crippen LogP contribution is 2.23. The van der Waals surface area contributed by atoms with E-state index >= 15 is 0 Å². The van der Waals surface area contributed by atoms with E-state index in [0.29, 0.717) is 6.42 Å². The fourth-order valence-electron chi connectivity index (χ4n) is 2.50. The summed E-state index contributed by atoms with van der Waals surface area (Å²) in [6, 6.07) is 2.59. The first kappa shape index (κ1) is 26.3. The lowest BCUT2D eigenvalue weighted by Crippen LogP contribution is -2.48. The second-order valence-corrected chi connectivity index (χ2v) is 6.78. The molecular weight excluding hydrogens is 422 g/mol. The van der Waals surface area contributed by atoms with Gasteiger partial charge in [-0.1, -0.05) is 26.2 Å². The van der Waals surface area contributed by atoms with Gasteiger partial charge in [-0.05, 0) is 18.6 Å². The number of nitrogens with zero attached hydrogens (tertiary/aromatic N) is 1. The van der Waals surface area contributed by atoms with Crippen molar-refractivity contribution < 1.29 is 34.1 Å². The number of amides is 2. The summed E-state index contributed by atoms with van der Waals surface area (Å²) >= 11 is 0. The summed E-state index contributed by atoms with van der Waals surface area (Å²) in [5.41, 5.74) is 10.3. The van der Waals surface area contributed by atoms with E-state index in [1.54, 1.807) is 0 Å². The molecule has 0 radical (unpaired) electrons. The van der Waals surface area contributed by atoms with E-state index < -0.39 is 30.6 Å². The Kier molecular flexibility index (Phi) is 11.8. The number of unbranched alkanes of at least 4 members (excludes halogenated alkanes) is 3. The lowest BCUT2D eigenvalue weighted by Gasteiger charge is -2.16. The van der Waals surface area contributed by atoms with Crippen LogP contribution in [0.4, 0.5) is 4.79 Å². The minimum atomic E-state index is -1.40. The maximum atomic E-state index is 12.3. The summed E-state index contributed by atoms with van der Waals surface area (Å²) in [6.07, 6.45) is 2.77. The van der Waals surface area contributed by atoms with Gasteiger partial charge in [0.15, 0.2) is 5.96 Å². The maximum absolute atomic E-state index is 12.3. The van der Waals surface area contributed by atoms with E-state index in [1.807, 2.05) is 0 Å². The quantitative estimate of drug-likeness (QED) is 0.132. The molecule has 8 N–H and O–H groups in total. The van der Waals surface area contributed by atoms with Gasteiger partial charge < -0.3 is 41.8 Å². The number of nitrogens with two attached hydrogens (primary N) is 2. The fourth-order valence-corrected chi connectivity index (χ4v) is 2.50. The number of carboxylic acids is 1. The number of benzene rings is 1. The molecule has 0 unspecified atom stereocenters. The van der Waals surface area contributed by atoms with Gasteiger partial charge >= 0.3 is 12.1 Å². The van der Waals surface area contributed by atoms with Crippen LogP contribution in [0.15, 0.2) is 23.2 Å². The van der Waals surface area contributed by atoms with E-state index in [9.17, 15) is 24.6 Å². The van der Waals surface area contributed by atoms with Crippen LogP contribution in [0.1, 0.15) is 43.0 Å². The third-order valence-electron chi connectivity index (χ3n) is 4.16. The van der Waals surface area contributed by atoms with E-state index in [1.165, 1.54) is 18.2 Å². The second-order valence-electron chi connectivity index (χ2n) is 6.78. The maximum Gasteiger partial charge on any atom is 0.407 e. The molecule has 1 aromatic rings.